The van der Waals surface area contributed by atoms with Crippen molar-refractivity contribution >= 4 is 15.9 Å². The zero-order chi connectivity index (χ0) is 11.8. The second-order valence-corrected chi connectivity index (χ2v) is 4.47. The van der Waals surface area contributed by atoms with Crippen LogP contribution in [0.15, 0.2) is 21.4 Å². The molecule has 0 radical (unpaired) electrons. The van der Waals surface area contributed by atoms with E-state index < -0.39 is 0 Å². The highest BCUT2D eigenvalue weighted by Gasteiger charge is 2.15. The van der Waals surface area contributed by atoms with Crippen molar-refractivity contribution in [2.24, 2.45) is 0 Å². The van der Waals surface area contributed by atoms with E-state index in [0.29, 0.717) is 6.04 Å². The van der Waals surface area contributed by atoms with E-state index in [1.807, 2.05) is 6.07 Å². The summed E-state index contributed by atoms with van der Waals surface area (Å²) in [6, 6.07) is 2.34. The maximum atomic E-state index is 5.27. The SMILES string of the molecule is C#CCCCC(NCCC)c1ccoc1Br. The molecule has 0 bridgehead atoms. The average molecular weight is 284 g/mol. The molecule has 0 aliphatic carbocycles. The van der Waals surface area contributed by atoms with Gasteiger partial charge in [0.2, 0.25) is 0 Å². The lowest BCUT2D eigenvalue weighted by Gasteiger charge is -2.17. The molecule has 0 aromatic carbocycles. The zero-order valence-corrected chi connectivity index (χ0v) is 11.2. The number of terminal acetylenes is 1. The first-order valence-electron chi connectivity index (χ1n) is 5.69. The van der Waals surface area contributed by atoms with Gasteiger partial charge in [-0.25, -0.2) is 0 Å². The molecule has 1 unspecified atom stereocenters. The van der Waals surface area contributed by atoms with Crippen molar-refractivity contribution < 1.29 is 4.42 Å². The number of hydrogen-bond acceptors (Lipinski definition) is 2. The number of nitrogens with one attached hydrogen (secondary N) is 1. The van der Waals surface area contributed by atoms with Crippen molar-refractivity contribution in [2.45, 2.75) is 38.6 Å². The van der Waals surface area contributed by atoms with Crippen LogP contribution in [-0.4, -0.2) is 6.54 Å². The van der Waals surface area contributed by atoms with Crippen LogP contribution in [-0.2, 0) is 0 Å². The fourth-order valence-electron chi connectivity index (χ4n) is 1.65. The van der Waals surface area contributed by atoms with Gasteiger partial charge in [0.1, 0.15) is 0 Å². The quantitative estimate of drug-likeness (QED) is 0.607. The van der Waals surface area contributed by atoms with E-state index in [4.69, 9.17) is 10.8 Å². The maximum Gasteiger partial charge on any atom is 0.173 e. The molecule has 0 fully saturated rings. The predicted octanol–water partition coefficient (Wildman–Crippen LogP) is 3.89. The summed E-state index contributed by atoms with van der Waals surface area (Å²) in [4.78, 5) is 0. The Hall–Kier alpha value is -0.720. The lowest BCUT2D eigenvalue weighted by Crippen LogP contribution is -2.22. The smallest absolute Gasteiger partial charge is 0.173 e. The largest absolute Gasteiger partial charge is 0.457 e. The average Bonchev–Trinajstić information content (AvgIpc) is 2.70. The number of unbranched alkanes of at least 4 members (excludes halogenated alkanes) is 1. The van der Waals surface area contributed by atoms with Crippen molar-refractivity contribution in [1.29, 1.82) is 0 Å². The van der Waals surface area contributed by atoms with Gasteiger partial charge in [0.25, 0.3) is 0 Å². The summed E-state index contributed by atoms with van der Waals surface area (Å²) in [5.74, 6) is 2.68. The van der Waals surface area contributed by atoms with Gasteiger partial charge in [-0.2, -0.15) is 0 Å². The highest BCUT2D eigenvalue weighted by molar-refractivity contribution is 9.10. The molecule has 1 rings (SSSR count). The summed E-state index contributed by atoms with van der Waals surface area (Å²) in [6.45, 7) is 3.17. The van der Waals surface area contributed by atoms with Gasteiger partial charge < -0.3 is 9.73 Å². The molecule has 1 N–H and O–H groups in total. The highest BCUT2D eigenvalue weighted by Crippen LogP contribution is 2.27. The Kier molecular flexibility index (Phi) is 6.29. The summed E-state index contributed by atoms with van der Waals surface area (Å²) in [5, 5.41) is 3.51. The van der Waals surface area contributed by atoms with E-state index in [9.17, 15) is 0 Å². The summed E-state index contributed by atoms with van der Waals surface area (Å²) in [6.07, 6.45) is 11.0. The molecular weight excluding hydrogens is 266 g/mol. The minimum Gasteiger partial charge on any atom is -0.457 e. The van der Waals surface area contributed by atoms with Crippen molar-refractivity contribution in [1.82, 2.24) is 5.32 Å². The van der Waals surface area contributed by atoms with Crippen LogP contribution in [0.2, 0.25) is 0 Å². The Bertz CT molecular complexity index is 340. The van der Waals surface area contributed by atoms with E-state index in [1.165, 1.54) is 5.56 Å². The predicted molar refractivity (Wildman–Crippen MR) is 70.1 cm³/mol. The van der Waals surface area contributed by atoms with Gasteiger partial charge in [-0.3, -0.25) is 0 Å². The Morgan fingerprint density at radius 3 is 3.00 bits per heavy atom. The number of rotatable bonds is 7. The molecule has 0 spiro atoms. The maximum absolute atomic E-state index is 5.27. The molecule has 0 aliphatic rings. The summed E-state index contributed by atoms with van der Waals surface area (Å²) in [7, 11) is 0. The van der Waals surface area contributed by atoms with Crippen molar-refractivity contribution in [3.8, 4) is 12.3 Å². The molecule has 16 heavy (non-hydrogen) atoms. The molecule has 1 atom stereocenters. The first kappa shape index (κ1) is 13.3. The third-order valence-corrected chi connectivity index (χ3v) is 3.12. The van der Waals surface area contributed by atoms with E-state index in [1.54, 1.807) is 6.26 Å². The minimum absolute atomic E-state index is 0.335. The molecule has 0 aliphatic heterocycles. The van der Waals surface area contributed by atoms with E-state index in [2.05, 4.69) is 34.1 Å². The molecule has 1 aromatic heterocycles. The van der Waals surface area contributed by atoms with Crippen molar-refractivity contribution in [3.05, 3.63) is 22.6 Å². The van der Waals surface area contributed by atoms with Crippen LogP contribution in [0.3, 0.4) is 0 Å². The Morgan fingerprint density at radius 2 is 2.44 bits per heavy atom. The second kappa shape index (κ2) is 7.54. The molecule has 0 amide bonds. The lowest BCUT2D eigenvalue weighted by atomic mass is 10.0. The van der Waals surface area contributed by atoms with Gasteiger partial charge in [-0.05, 0) is 47.8 Å². The highest BCUT2D eigenvalue weighted by atomic mass is 79.9. The third kappa shape index (κ3) is 4.03. The molecular formula is C13H18BrNO. The molecule has 2 nitrogen and oxygen atoms in total. The van der Waals surface area contributed by atoms with Gasteiger partial charge >= 0.3 is 0 Å². The molecule has 0 saturated heterocycles. The van der Waals surface area contributed by atoms with Gasteiger partial charge in [-0.15, -0.1) is 12.3 Å². The fourth-order valence-corrected chi connectivity index (χ4v) is 2.16. The van der Waals surface area contributed by atoms with Crippen LogP contribution in [0, 0.1) is 12.3 Å². The summed E-state index contributed by atoms with van der Waals surface area (Å²) < 4.78 is 6.09. The lowest BCUT2D eigenvalue weighted by molar-refractivity contribution is 0.470. The number of furan rings is 1. The molecule has 1 heterocycles. The van der Waals surface area contributed by atoms with Gasteiger partial charge in [-0.1, -0.05) is 6.92 Å². The van der Waals surface area contributed by atoms with Crippen LogP contribution >= 0.6 is 15.9 Å². The molecule has 88 valence electrons. The third-order valence-electron chi connectivity index (χ3n) is 2.48. The molecule has 0 saturated carbocycles. The van der Waals surface area contributed by atoms with E-state index in [0.717, 1.165) is 36.9 Å². The van der Waals surface area contributed by atoms with Crippen LogP contribution in [0.4, 0.5) is 0 Å². The summed E-state index contributed by atoms with van der Waals surface area (Å²) in [5.41, 5.74) is 1.19. The second-order valence-electron chi connectivity index (χ2n) is 3.75. The van der Waals surface area contributed by atoms with E-state index >= 15 is 0 Å². The fraction of sp³-hybridized carbons (Fsp3) is 0.538. The molecule has 3 heteroatoms. The van der Waals surface area contributed by atoms with Crippen LogP contribution in [0.1, 0.15) is 44.2 Å². The Balaban J connectivity index is 2.57. The minimum atomic E-state index is 0.335. The first-order valence-corrected chi connectivity index (χ1v) is 6.48. The van der Waals surface area contributed by atoms with Gasteiger partial charge in [0.05, 0.1) is 6.26 Å². The molecule has 1 aromatic rings. The topological polar surface area (TPSA) is 25.2 Å². The van der Waals surface area contributed by atoms with Gasteiger partial charge in [0.15, 0.2) is 4.67 Å². The monoisotopic (exact) mass is 283 g/mol. The standard InChI is InChI=1S/C13H18BrNO/c1-3-5-6-7-12(15-9-4-2)11-8-10-16-13(11)14/h1,8,10,12,15H,4-7,9H2,2H3. The summed E-state index contributed by atoms with van der Waals surface area (Å²) >= 11 is 3.42. The first-order chi connectivity index (χ1) is 7.79. The Labute approximate surface area is 106 Å². The zero-order valence-electron chi connectivity index (χ0n) is 9.63. The van der Waals surface area contributed by atoms with Crippen LogP contribution in [0.25, 0.3) is 0 Å². The van der Waals surface area contributed by atoms with E-state index in [-0.39, 0.29) is 0 Å². The number of halogens is 1. The van der Waals surface area contributed by atoms with Crippen molar-refractivity contribution in [3.63, 3.8) is 0 Å². The van der Waals surface area contributed by atoms with Crippen LogP contribution < -0.4 is 5.32 Å². The Morgan fingerprint density at radius 1 is 1.62 bits per heavy atom. The van der Waals surface area contributed by atoms with Gasteiger partial charge in [0, 0.05) is 18.0 Å². The van der Waals surface area contributed by atoms with Crippen molar-refractivity contribution in [2.75, 3.05) is 6.54 Å². The number of hydrogen-bond donors (Lipinski definition) is 1. The normalized spacial score (nSPS) is 12.3. The van der Waals surface area contributed by atoms with Crippen LogP contribution in [0.5, 0.6) is 0 Å².